The van der Waals surface area contributed by atoms with Crippen molar-refractivity contribution in [2.45, 2.75) is 20.8 Å². The highest BCUT2D eigenvalue weighted by molar-refractivity contribution is 5.97. The van der Waals surface area contributed by atoms with Gasteiger partial charge in [-0.15, -0.1) is 0 Å². The van der Waals surface area contributed by atoms with Gasteiger partial charge in [0.1, 0.15) is 0 Å². The second kappa shape index (κ2) is 4.18. The van der Waals surface area contributed by atoms with Crippen molar-refractivity contribution in [1.82, 2.24) is 4.98 Å². The average Bonchev–Trinajstić information content (AvgIpc) is 2.15. The highest BCUT2D eigenvalue weighted by atomic mass is 14.8. The molecule has 0 saturated carbocycles. The summed E-state index contributed by atoms with van der Waals surface area (Å²) < 4.78 is 0. The van der Waals surface area contributed by atoms with Crippen molar-refractivity contribution in [1.29, 1.82) is 0 Å². The Balaban J connectivity index is 3.19. The number of allylic oxidation sites excluding steroid dienone is 1. The average molecular weight is 188 g/mol. The van der Waals surface area contributed by atoms with Crippen molar-refractivity contribution in [2.75, 3.05) is 7.05 Å². The van der Waals surface area contributed by atoms with Crippen LogP contribution in [0.5, 0.6) is 0 Å². The molecule has 0 aliphatic rings. The molecule has 0 unspecified atom stereocenters. The molecule has 0 N–H and O–H groups in total. The van der Waals surface area contributed by atoms with Gasteiger partial charge in [-0.25, -0.2) is 0 Å². The third kappa shape index (κ3) is 2.08. The van der Waals surface area contributed by atoms with Crippen LogP contribution in [0.15, 0.2) is 23.7 Å². The van der Waals surface area contributed by atoms with Crippen LogP contribution in [0, 0.1) is 6.92 Å². The van der Waals surface area contributed by atoms with Gasteiger partial charge in [0, 0.05) is 12.7 Å². The fourth-order valence-corrected chi connectivity index (χ4v) is 1.33. The van der Waals surface area contributed by atoms with Crippen LogP contribution in [-0.2, 0) is 0 Å². The van der Waals surface area contributed by atoms with Crippen molar-refractivity contribution >= 4 is 11.3 Å². The van der Waals surface area contributed by atoms with Crippen molar-refractivity contribution in [3.05, 3.63) is 35.7 Å². The van der Waals surface area contributed by atoms with E-state index in [0.717, 1.165) is 28.2 Å². The molecule has 0 saturated heterocycles. The summed E-state index contributed by atoms with van der Waals surface area (Å²) in [6.45, 7) is 9.86. The molecule has 1 aromatic rings. The summed E-state index contributed by atoms with van der Waals surface area (Å²) in [5, 5.41) is 0. The minimum absolute atomic E-state index is 0.940. The molecule has 0 spiro atoms. The molecule has 2 heteroatoms. The van der Waals surface area contributed by atoms with Crippen LogP contribution < -0.4 is 0 Å². The van der Waals surface area contributed by atoms with E-state index in [-0.39, 0.29) is 0 Å². The highest BCUT2D eigenvalue weighted by Crippen LogP contribution is 2.15. The van der Waals surface area contributed by atoms with E-state index in [0.29, 0.717) is 0 Å². The predicted octanol–water partition coefficient (Wildman–Crippen LogP) is 2.86. The van der Waals surface area contributed by atoms with Gasteiger partial charge in [-0.2, -0.15) is 0 Å². The smallest absolute Gasteiger partial charge is 0.0840 e. The van der Waals surface area contributed by atoms with Gasteiger partial charge in [-0.05, 0) is 38.0 Å². The number of aromatic nitrogens is 1. The molecule has 0 atom stereocenters. The van der Waals surface area contributed by atoms with Crippen LogP contribution in [0.1, 0.15) is 30.8 Å². The Morgan fingerprint density at radius 3 is 2.43 bits per heavy atom. The van der Waals surface area contributed by atoms with Crippen LogP contribution in [0.3, 0.4) is 0 Å². The first-order valence-corrected chi connectivity index (χ1v) is 4.63. The van der Waals surface area contributed by atoms with Crippen molar-refractivity contribution in [3.8, 4) is 0 Å². The number of rotatable bonds is 2. The van der Waals surface area contributed by atoms with Gasteiger partial charge in [0.2, 0.25) is 0 Å². The van der Waals surface area contributed by atoms with E-state index >= 15 is 0 Å². The molecule has 0 fully saturated rings. The number of nitrogens with zero attached hydrogens (tertiary/aromatic N) is 2. The third-order valence-electron chi connectivity index (χ3n) is 2.25. The van der Waals surface area contributed by atoms with Gasteiger partial charge in [0.15, 0.2) is 0 Å². The maximum atomic E-state index is 4.47. The summed E-state index contributed by atoms with van der Waals surface area (Å²) in [5.74, 6) is 0. The molecular formula is C12H16N2. The first-order chi connectivity index (χ1) is 6.56. The van der Waals surface area contributed by atoms with Gasteiger partial charge < -0.3 is 0 Å². The quantitative estimate of drug-likeness (QED) is 0.655. The minimum Gasteiger partial charge on any atom is -0.291 e. The fraction of sp³-hybridized carbons (Fsp3) is 0.333. The Morgan fingerprint density at radius 1 is 1.36 bits per heavy atom. The van der Waals surface area contributed by atoms with Crippen molar-refractivity contribution in [3.63, 3.8) is 0 Å². The van der Waals surface area contributed by atoms with E-state index in [1.165, 1.54) is 0 Å². The largest absolute Gasteiger partial charge is 0.291 e. The van der Waals surface area contributed by atoms with Crippen molar-refractivity contribution < 1.29 is 0 Å². The standard InChI is InChI=1S/C12H16N2/c1-8(2)11-6-7-12(10(4)13-5)14-9(11)3/h6-7H,1H2,2-5H3. The second-order valence-electron chi connectivity index (χ2n) is 3.42. The first-order valence-electron chi connectivity index (χ1n) is 4.63. The number of hydrogen-bond donors (Lipinski definition) is 0. The summed E-state index contributed by atoms with van der Waals surface area (Å²) >= 11 is 0. The molecule has 0 aliphatic carbocycles. The van der Waals surface area contributed by atoms with E-state index in [4.69, 9.17) is 0 Å². The van der Waals surface area contributed by atoms with Crippen LogP contribution in [-0.4, -0.2) is 17.7 Å². The van der Waals surface area contributed by atoms with E-state index < -0.39 is 0 Å². The normalized spacial score (nSPS) is 11.6. The molecule has 0 aromatic carbocycles. The summed E-state index contributed by atoms with van der Waals surface area (Å²) in [6, 6.07) is 4.04. The Bertz CT molecular complexity index is 389. The highest BCUT2D eigenvalue weighted by Gasteiger charge is 2.03. The fourth-order valence-electron chi connectivity index (χ4n) is 1.33. The number of aliphatic imine (C=N–C) groups is 1. The monoisotopic (exact) mass is 188 g/mol. The van der Waals surface area contributed by atoms with E-state index in [1.807, 2.05) is 26.8 Å². The summed E-state index contributed by atoms with van der Waals surface area (Å²) in [5.41, 5.74) is 5.08. The zero-order valence-corrected chi connectivity index (χ0v) is 9.26. The van der Waals surface area contributed by atoms with E-state index in [2.05, 4.69) is 22.6 Å². The van der Waals surface area contributed by atoms with Gasteiger partial charge in [-0.3, -0.25) is 9.98 Å². The molecule has 1 aromatic heterocycles. The first kappa shape index (κ1) is 10.6. The van der Waals surface area contributed by atoms with E-state index in [9.17, 15) is 0 Å². The molecular weight excluding hydrogens is 172 g/mol. The van der Waals surface area contributed by atoms with Gasteiger partial charge in [0.05, 0.1) is 11.4 Å². The van der Waals surface area contributed by atoms with Crippen molar-refractivity contribution in [2.24, 2.45) is 4.99 Å². The molecule has 74 valence electrons. The maximum absolute atomic E-state index is 4.47. The molecule has 0 radical (unpaired) electrons. The lowest BCUT2D eigenvalue weighted by molar-refractivity contribution is 1.15. The summed E-state index contributed by atoms with van der Waals surface area (Å²) in [7, 11) is 1.78. The van der Waals surface area contributed by atoms with Crippen LogP contribution >= 0.6 is 0 Å². The Hall–Kier alpha value is -1.44. The zero-order chi connectivity index (χ0) is 10.7. The SMILES string of the molecule is C=C(C)c1ccc(C(C)=NC)nc1C. The third-order valence-corrected chi connectivity index (χ3v) is 2.25. The van der Waals surface area contributed by atoms with Crippen LogP contribution in [0.2, 0.25) is 0 Å². The zero-order valence-electron chi connectivity index (χ0n) is 9.26. The molecule has 0 bridgehead atoms. The Kier molecular flexibility index (Phi) is 3.18. The van der Waals surface area contributed by atoms with Gasteiger partial charge in [0.25, 0.3) is 0 Å². The number of aryl methyl sites for hydroxylation is 1. The lowest BCUT2D eigenvalue weighted by atomic mass is 10.1. The molecule has 0 aliphatic heterocycles. The molecule has 1 rings (SSSR count). The summed E-state index contributed by atoms with van der Waals surface area (Å²) in [4.78, 5) is 8.58. The second-order valence-corrected chi connectivity index (χ2v) is 3.42. The topological polar surface area (TPSA) is 25.2 Å². The van der Waals surface area contributed by atoms with Crippen LogP contribution in [0.25, 0.3) is 5.57 Å². The predicted molar refractivity (Wildman–Crippen MR) is 61.8 cm³/mol. The summed E-state index contributed by atoms with van der Waals surface area (Å²) in [6.07, 6.45) is 0. The minimum atomic E-state index is 0.940. The van der Waals surface area contributed by atoms with Crippen LogP contribution in [0.4, 0.5) is 0 Å². The molecule has 1 heterocycles. The lowest BCUT2D eigenvalue weighted by Crippen LogP contribution is -2.01. The molecule has 14 heavy (non-hydrogen) atoms. The maximum Gasteiger partial charge on any atom is 0.0840 e. The Labute approximate surface area is 85.4 Å². The number of hydrogen-bond acceptors (Lipinski definition) is 2. The van der Waals surface area contributed by atoms with Gasteiger partial charge >= 0.3 is 0 Å². The Morgan fingerprint density at radius 2 is 2.00 bits per heavy atom. The lowest BCUT2D eigenvalue weighted by Gasteiger charge is -2.06. The van der Waals surface area contributed by atoms with Gasteiger partial charge in [-0.1, -0.05) is 12.6 Å². The van der Waals surface area contributed by atoms with E-state index in [1.54, 1.807) is 7.05 Å². The molecule has 0 amide bonds. The number of pyridine rings is 1. The molecule has 2 nitrogen and oxygen atoms in total.